The van der Waals surface area contributed by atoms with Crippen LogP contribution in [0.1, 0.15) is 17.3 Å². The molecule has 0 aromatic heterocycles. The number of hydrogen-bond acceptors (Lipinski definition) is 4. The number of likely N-dealkylation sites (N-methyl/N-ethyl adjacent to an activating group) is 1. The van der Waals surface area contributed by atoms with E-state index in [1.165, 1.54) is 18.2 Å². The highest BCUT2D eigenvalue weighted by Crippen LogP contribution is 2.25. The van der Waals surface area contributed by atoms with E-state index in [0.717, 1.165) is 19.6 Å². The smallest absolute Gasteiger partial charge is 0.254 e. The van der Waals surface area contributed by atoms with Gasteiger partial charge in [0, 0.05) is 31.7 Å². The summed E-state index contributed by atoms with van der Waals surface area (Å²) in [7, 11) is 0. The average molecular weight is 250 g/mol. The van der Waals surface area contributed by atoms with Crippen molar-refractivity contribution in [3.8, 4) is 11.5 Å². The second-order valence-corrected chi connectivity index (χ2v) is 4.43. The quantitative estimate of drug-likeness (QED) is 0.765. The molecule has 18 heavy (non-hydrogen) atoms. The van der Waals surface area contributed by atoms with E-state index in [1.807, 2.05) is 0 Å². The summed E-state index contributed by atoms with van der Waals surface area (Å²) < 4.78 is 0. The number of carbonyl (C=O) groups is 1. The monoisotopic (exact) mass is 250 g/mol. The molecule has 0 unspecified atom stereocenters. The molecule has 0 spiro atoms. The number of rotatable bonds is 2. The number of amides is 1. The van der Waals surface area contributed by atoms with Crippen molar-refractivity contribution in [1.29, 1.82) is 0 Å². The predicted octanol–water partition coefficient (Wildman–Crippen LogP) is 0.875. The van der Waals surface area contributed by atoms with Crippen LogP contribution in [0.25, 0.3) is 0 Å². The molecule has 2 rings (SSSR count). The van der Waals surface area contributed by atoms with Gasteiger partial charge in [-0.3, -0.25) is 4.79 Å². The Bertz CT molecular complexity index is 440. The van der Waals surface area contributed by atoms with Crippen molar-refractivity contribution in [2.45, 2.75) is 6.92 Å². The Morgan fingerprint density at radius 1 is 1.17 bits per heavy atom. The first-order valence-corrected chi connectivity index (χ1v) is 6.15. The van der Waals surface area contributed by atoms with E-state index < -0.39 is 0 Å². The second-order valence-electron chi connectivity index (χ2n) is 4.43. The zero-order valence-electron chi connectivity index (χ0n) is 10.5. The number of hydrogen-bond donors (Lipinski definition) is 2. The third-order valence-electron chi connectivity index (χ3n) is 3.33. The molecule has 1 aliphatic rings. The maximum atomic E-state index is 12.2. The molecular weight excluding hydrogens is 232 g/mol. The number of piperazine rings is 1. The Morgan fingerprint density at radius 2 is 1.83 bits per heavy atom. The van der Waals surface area contributed by atoms with Crippen molar-refractivity contribution < 1.29 is 15.0 Å². The average Bonchev–Trinajstić information content (AvgIpc) is 2.41. The van der Waals surface area contributed by atoms with Crippen LogP contribution in [0.2, 0.25) is 0 Å². The van der Waals surface area contributed by atoms with E-state index in [9.17, 15) is 15.0 Å². The second kappa shape index (κ2) is 5.27. The van der Waals surface area contributed by atoms with Crippen molar-refractivity contribution in [3.63, 3.8) is 0 Å². The number of aromatic hydroxyl groups is 2. The molecule has 1 heterocycles. The van der Waals surface area contributed by atoms with Crippen molar-refractivity contribution in [2.75, 3.05) is 32.7 Å². The normalized spacial score (nSPS) is 16.8. The number of phenols is 2. The fourth-order valence-corrected chi connectivity index (χ4v) is 2.11. The molecule has 1 aromatic rings. The van der Waals surface area contributed by atoms with E-state index in [-0.39, 0.29) is 17.4 Å². The summed E-state index contributed by atoms with van der Waals surface area (Å²) in [5.74, 6) is -0.559. The Kier molecular flexibility index (Phi) is 3.72. The SMILES string of the molecule is CCN1CCN(C(=O)c2ccc(O)c(O)c2)CC1. The van der Waals surface area contributed by atoms with Gasteiger partial charge in [0.1, 0.15) is 0 Å². The summed E-state index contributed by atoms with van der Waals surface area (Å²) in [6.45, 7) is 6.28. The first kappa shape index (κ1) is 12.7. The number of phenolic OH excluding ortho intramolecular Hbond substituents is 2. The summed E-state index contributed by atoms with van der Waals surface area (Å²) in [6.07, 6.45) is 0. The number of benzene rings is 1. The topological polar surface area (TPSA) is 64.0 Å². The first-order chi connectivity index (χ1) is 8.61. The molecule has 1 aliphatic heterocycles. The van der Waals surface area contributed by atoms with Crippen LogP contribution in [0.5, 0.6) is 11.5 Å². The predicted molar refractivity (Wildman–Crippen MR) is 67.8 cm³/mol. The van der Waals surface area contributed by atoms with E-state index >= 15 is 0 Å². The third-order valence-corrected chi connectivity index (χ3v) is 3.33. The molecule has 0 atom stereocenters. The highest BCUT2D eigenvalue weighted by atomic mass is 16.3. The molecule has 1 aromatic carbocycles. The van der Waals surface area contributed by atoms with Gasteiger partial charge < -0.3 is 20.0 Å². The van der Waals surface area contributed by atoms with Gasteiger partial charge >= 0.3 is 0 Å². The summed E-state index contributed by atoms with van der Waals surface area (Å²) in [6, 6.07) is 4.18. The van der Waals surface area contributed by atoms with Gasteiger partial charge in [0.15, 0.2) is 11.5 Å². The summed E-state index contributed by atoms with van der Waals surface area (Å²) in [4.78, 5) is 16.2. The minimum Gasteiger partial charge on any atom is -0.504 e. The number of nitrogens with zero attached hydrogens (tertiary/aromatic N) is 2. The molecule has 0 aliphatic carbocycles. The zero-order chi connectivity index (χ0) is 13.1. The van der Waals surface area contributed by atoms with E-state index in [2.05, 4.69) is 11.8 Å². The van der Waals surface area contributed by atoms with Crippen molar-refractivity contribution in [3.05, 3.63) is 23.8 Å². The van der Waals surface area contributed by atoms with Crippen LogP contribution in [0.15, 0.2) is 18.2 Å². The zero-order valence-corrected chi connectivity index (χ0v) is 10.5. The summed E-state index contributed by atoms with van der Waals surface area (Å²) in [5.41, 5.74) is 0.412. The Morgan fingerprint density at radius 3 is 2.39 bits per heavy atom. The van der Waals surface area contributed by atoms with Crippen LogP contribution < -0.4 is 0 Å². The Balaban J connectivity index is 2.05. The lowest BCUT2D eigenvalue weighted by Crippen LogP contribution is -2.48. The lowest BCUT2D eigenvalue weighted by atomic mass is 10.1. The van der Waals surface area contributed by atoms with Crippen LogP contribution >= 0.6 is 0 Å². The van der Waals surface area contributed by atoms with Crippen molar-refractivity contribution in [1.82, 2.24) is 9.80 Å². The molecule has 2 N–H and O–H groups in total. The van der Waals surface area contributed by atoms with E-state index in [0.29, 0.717) is 18.7 Å². The van der Waals surface area contributed by atoms with Gasteiger partial charge in [0.05, 0.1) is 0 Å². The highest BCUT2D eigenvalue weighted by molar-refractivity contribution is 5.95. The van der Waals surface area contributed by atoms with E-state index in [4.69, 9.17) is 0 Å². The van der Waals surface area contributed by atoms with Gasteiger partial charge in [-0.1, -0.05) is 6.92 Å². The van der Waals surface area contributed by atoms with Gasteiger partial charge in [-0.15, -0.1) is 0 Å². The summed E-state index contributed by atoms with van der Waals surface area (Å²) in [5, 5.41) is 18.6. The minimum atomic E-state index is -0.256. The van der Waals surface area contributed by atoms with Gasteiger partial charge in [-0.05, 0) is 24.7 Å². The molecule has 1 fully saturated rings. The fraction of sp³-hybridized carbons (Fsp3) is 0.462. The molecule has 0 radical (unpaired) electrons. The molecule has 0 saturated carbocycles. The van der Waals surface area contributed by atoms with Gasteiger partial charge in [-0.25, -0.2) is 0 Å². The van der Waals surface area contributed by atoms with Gasteiger partial charge in [0.25, 0.3) is 5.91 Å². The maximum absolute atomic E-state index is 12.2. The van der Waals surface area contributed by atoms with Gasteiger partial charge in [0.2, 0.25) is 0 Å². The van der Waals surface area contributed by atoms with Crippen molar-refractivity contribution >= 4 is 5.91 Å². The third kappa shape index (κ3) is 2.56. The molecule has 1 amide bonds. The van der Waals surface area contributed by atoms with Crippen LogP contribution in [-0.4, -0.2) is 58.6 Å². The largest absolute Gasteiger partial charge is 0.504 e. The molecule has 0 bridgehead atoms. The Labute approximate surface area is 106 Å². The van der Waals surface area contributed by atoms with E-state index in [1.54, 1.807) is 4.90 Å². The maximum Gasteiger partial charge on any atom is 0.254 e. The molecule has 98 valence electrons. The minimum absolute atomic E-state index is 0.0962. The molecule has 5 nitrogen and oxygen atoms in total. The van der Waals surface area contributed by atoms with Gasteiger partial charge in [-0.2, -0.15) is 0 Å². The highest BCUT2D eigenvalue weighted by Gasteiger charge is 2.21. The molecule has 1 saturated heterocycles. The fourth-order valence-electron chi connectivity index (χ4n) is 2.11. The lowest BCUT2D eigenvalue weighted by molar-refractivity contribution is 0.0643. The first-order valence-electron chi connectivity index (χ1n) is 6.15. The molecule has 5 heteroatoms. The van der Waals surface area contributed by atoms with Crippen molar-refractivity contribution in [2.24, 2.45) is 0 Å². The Hall–Kier alpha value is -1.75. The lowest BCUT2D eigenvalue weighted by Gasteiger charge is -2.34. The van der Waals surface area contributed by atoms with Crippen LogP contribution in [0.4, 0.5) is 0 Å². The van der Waals surface area contributed by atoms with Crippen LogP contribution in [-0.2, 0) is 0 Å². The standard InChI is InChI=1S/C13H18N2O3/c1-2-14-5-7-15(8-6-14)13(18)10-3-4-11(16)12(17)9-10/h3-4,9,16-17H,2,5-8H2,1H3. The van der Waals surface area contributed by atoms with Crippen LogP contribution in [0.3, 0.4) is 0 Å². The van der Waals surface area contributed by atoms with Crippen LogP contribution in [0, 0.1) is 0 Å². The number of carbonyl (C=O) groups excluding carboxylic acids is 1. The molecular formula is C13H18N2O3. The summed E-state index contributed by atoms with van der Waals surface area (Å²) >= 11 is 0.